The smallest absolute Gasteiger partial charge is 0.416 e. The van der Waals surface area contributed by atoms with Crippen molar-refractivity contribution in [3.63, 3.8) is 0 Å². The maximum atomic E-state index is 12.3. The van der Waals surface area contributed by atoms with Gasteiger partial charge in [0, 0.05) is 0 Å². The van der Waals surface area contributed by atoms with Gasteiger partial charge in [0.1, 0.15) is 5.75 Å². The lowest BCUT2D eigenvalue weighted by atomic mass is 10.2. The predicted molar refractivity (Wildman–Crippen MR) is 56.7 cm³/mol. The average molecular weight is 313 g/mol. The lowest BCUT2D eigenvalue weighted by Crippen LogP contribution is -2.13. The number of rotatable bonds is 3. The molecule has 0 saturated heterocycles. The molecular formula is C10H8BrF3O3. The van der Waals surface area contributed by atoms with Crippen LogP contribution in [-0.2, 0) is 15.7 Å². The molecule has 0 atom stereocenters. The molecule has 0 aromatic heterocycles. The van der Waals surface area contributed by atoms with Crippen LogP contribution in [0.2, 0.25) is 0 Å². The number of methoxy groups -OCH3 is 1. The van der Waals surface area contributed by atoms with Gasteiger partial charge in [-0.25, -0.2) is 4.79 Å². The first-order valence-corrected chi connectivity index (χ1v) is 5.20. The molecule has 1 aromatic rings. The van der Waals surface area contributed by atoms with Crippen LogP contribution in [0.25, 0.3) is 0 Å². The fourth-order valence-electron chi connectivity index (χ4n) is 0.990. The second-order valence-electron chi connectivity index (χ2n) is 3.01. The van der Waals surface area contributed by atoms with E-state index in [1.54, 1.807) is 0 Å². The Bertz CT molecular complexity index is 418. The number of ether oxygens (including phenoxy) is 2. The van der Waals surface area contributed by atoms with Gasteiger partial charge in [0.05, 0.1) is 17.1 Å². The Morgan fingerprint density at radius 2 is 2.06 bits per heavy atom. The van der Waals surface area contributed by atoms with E-state index < -0.39 is 17.7 Å². The molecule has 0 bridgehead atoms. The molecule has 0 spiro atoms. The van der Waals surface area contributed by atoms with Crippen molar-refractivity contribution < 1.29 is 27.4 Å². The van der Waals surface area contributed by atoms with E-state index >= 15 is 0 Å². The van der Waals surface area contributed by atoms with Crippen molar-refractivity contribution in [2.75, 3.05) is 13.7 Å². The fourth-order valence-corrected chi connectivity index (χ4v) is 1.48. The molecule has 0 unspecified atom stereocenters. The quantitative estimate of drug-likeness (QED) is 0.805. The third-order valence-corrected chi connectivity index (χ3v) is 2.45. The number of carbonyl (C=O) groups is 1. The van der Waals surface area contributed by atoms with E-state index in [0.717, 1.165) is 18.2 Å². The number of esters is 1. The summed E-state index contributed by atoms with van der Waals surface area (Å²) < 4.78 is 46.4. The molecule has 1 rings (SSSR count). The summed E-state index contributed by atoms with van der Waals surface area (Å²) in [6.45, 7) is -0.361. The number of halogens is 4. The highest BCUT2D eigenvalue weighted by molar-refractivity contribution is 9.10. The van der Waals surface area contributed by atoms with Gasteiger partial charge in [-0.05, 0) is 34.1 Å². The minimum atomic E-state index is -4.41. The highest BCUT2D eigenvalue weighted by Gasteiger charge is 2.30. The Morgan fingerprint density at radius 1 is 1.41 bits per heavy atom. The summed E-state index contributed by atoms with van der Waals surface area (Å²) in [6.07, 6.45) is -4.41. The molecule has 0 amide bonds. The number of alkyl halides is 3. The van der Waals surface area contributed by atoms with Gasteiger partial charge in [0.25, 0.3) is 0 Å². The maximum absolute atomic E-state index is 12.3. The maximum Gasteiger partial charge on any atom is 0.416 e. The van der Waals surface area contributed by atoms with Gasteiger partial charge in [0.2, 0.25) is 0 Å². The zero-order chi connectivity index (χ0) is 13.1. The van der Waals surface area contributed by atoms with E-state index in [1.165, 1.54) is 7.11 Å². The number of benzene rings is 1. The normalized spacial score (nSPS) is 11.1. The Hall–Kier alpha value is -1.24. The summed E-state index contributed by atoms with van der Waals surface area (Å²) in [5, 5.41) is 0. The van der Waals surface area contributed by atoms with Crippen LogP contribution in [0.1, 0.15) is 5.56 Å². The Balaban J connectivity index is 2.80. The molecule has 0 saturated carbocycles. The predicted octanol–water partition coefficient (Wildman–Crippen LogP) is 3.02. The van der Waals surface area contributed by atoms with Crippen molar-refractivity contribution in [1.82, 2.24) is 0 Å². The SMILES string of the molecule is COC(=O)COc1ccc(C(F)(F)F)cc1Br. The van der Waals surface area contributed by atoms with Gasteiger partial charge in [-0.3, -0.25) is 0 Å². The van der Waals surface area contributed by atoms with E-state index in [0.29, 0.717) is 0 Å². The molecule has 7 heteroatoms. The summed E-state index contributed by atoms with van der Waals surface area (Å²) in [6, 6.07) is 2.89. The first-order chi connectivity index (χ1) is 7.84. The van der Waals surface area contributed by atoms with Crippen molar-refractivity contribution in [2.24, 2.45) is 0 Å². The molecule has 94 valence electrons. The molecule has 17 heavy (non-hydrogen) atoms. The van der Waals surface area contributed by atoms with Crippen LogP contribution < -0.4 is 4.74 Å². The van der Waals surface area contributed by atoms with Crippen molar-refractivity contribution in [2.45, 2.75) is 6.18 Å². The van der Waals surface area contributed by atoms with Gasteiger partial charge < -0.3 is 9.47 Å². The van der Waals surface area contributed by atoms with E-state index in [-0.39, 0.29) is 16.8 Å². The molecule has 0 aliphatic rings. The lowest BCUT2D eigenvalue weighted by molar-refractivity contribution is -0.143. The standard InChI is InChI=1S/C10H8BrF3O3/c1-16-9(15)5-17-8-3-2-6(4-7(8)11)10(12,13)14/h2-4H,5H2,1H3. The number of hydrogen-bond donors (Lipinski definition) is 0. The number of hydrogen-bond acceptors (Lipinski definition) is 3. The molecule has 0 aliphatic heterocycles. The third kappa shape index (κ3) is 3.92. The van der Waals surface area contributed by atoms with Crippen molar-refractivity contribution >= 4 is 21.9 Å². The molecule has 0 heterocycles. The van der Waals surface area contributed by atoms with Crippen molar-refractivity contribution in [3.05, 3.63) is 28.2 Å². The molecule has 0 aliphatic carbocycles. The van der Waals surface area contributed by atoms with E-state index in [9.17, 15) is 18.0 Å². The average Bonchev–Trinajstić information content (AvgIpc) is 2.25. The highest BCUT2D eigenvalue weighted by Crippen LogP contribution is 2.34. The largest absolute Gasteiger partial charge is 0.481 e. The third-order valence-electron chi connectivity index (χ3n) is 1.83. The molecule has 1 aromatic carbocycles. The molecule has 0 fully saturated rings. The van der Waals surface area contributed by atoms with Gasteiger partial charge in [-0.2, -0.15) is 13.2 Å². The van der Waals surface area contributed by atoms with Crippen molar-refractivity contribution in [3.8, 4) is 5.75 Å². The van der Waals surface area contributed by atoms with Crippen LogP contribution in [0, 0.1) is 0 Å². The molecular weight excluding hydrogens is 305 g/mol. The number of carbonyl (C=O) groups excluding carboxylic acids is 1. The van der Waals surface area contributed by atoms with Crippen LogP contribution in [0.15, 0.2) is 22.7 Å². The zero-order valence-electron chi connectivity index (χ0n) is 8.68. The summed E-state index contributed by atoms with van der Waals surface area (Å²) >= 11 is 2.93. The van der Waals surface area contributed by atoms with E-state index in [1.807, 2.05) is 0 Å². The Kier molecular flexibility index (Phi) is 4.39. The van der Waals surface area contributed by atoms with Crippen LogP contribution in [0.5, 0.6) is 5.75 Å². The summed E-state index contributed by atoms with van der Waals surface area (Å²) in [5.74, 6) is -0.472. The van der Waals surface area contributed by atoms with E-state index in [2.05, 4.69) is 20.7 Å². The van der Waals surface area contributed by atoms with Gasteiger partial charge in [-0.1, -0.05) is 0 Å². The second-order valence-corrected chi connectivity index (χ2v) is 3.86. The monoisotopic (exact) mass is 312 g/mol. The first kappa shape index (κ1) is 13.8. The zero-order valence-corrected chi connectivity index (χ0v) is 10.3. The van der Waals surface area contributed by atoms with Crippen LogP contribution in [-0.4, -0.2) is 19.7 Å². The molecule has 0 radical (unpaired) electrons. The van der Waals surface area contributed by atoms with Crippen LogP contribution in [0.3, 0.4) is 0 Å². The van der Waals surface area contributed by atoms with E-state index in [4.69, 9.17) is 4.74 Å². The molecule has 0 N–H and O–H groups in total. The van der Waals surface area contributed by atoms with Crippen LogP contribution >= 0.6 is 15.9 Å². The van der Waals surface area contributed by atoms with Crippen molar-refractivity contribution in [1.29, 1.82) is 0 Å². The second kappa shape index (κ2) is 5.39. The van der Waals surface area contributed by atoms with Crippen LogP contribution in [0.4, 0.5) is 13.2 Å². The Morgan fingerprint density at radius 3 is 2.53 bits per heavy atom. The first-order valence-electron chi connectivity index (χ1n) is 4.41. The summed E-state index contributed by atoms with van der Waals surface area (Å²) in [7, 11) is 1.19. The highest BCUT2D eigenvalue weighted by atomic mass is 79.9. The lowest BCUT2D eigenvalue weighted by Gasteiger charge is -2.10. The fraction of sp³-hybridized carbons (Fsp3) is 0.300. The molecule has 3 nitrogen and oxygen atoms in total. The Labute approximate surface area is 104 Å². The minimum Gasteiger partial charge on any atom is -0.481 e. The van der Waals surface area contributed by atoms with Gasteiger partial charge in [-0.15, -0.1) is 0 Å². The van der Waals surface area contributed by atoms with Gasteiger partial charge in [0.15, 0.2) is 6.61 Å². The minimum absolute atomic E-state index is 0.122. The summed E-state index contributed by atoms with van der Waals surface area (Å²) in [5.41, 5.74) is -0.796. The summed E-state index contributed by atoms with van der Waals surface area (Å²) in [4.78, 5) is 10.8. The van der Waals surface area contributed by atoms with Gasteiger partial charge >= 0.3 is 12.1 Å². The topological polar surface area (TPSA) is 35.5 Å².